The Labute approximate surface area is 390 Å². The molecule has 10 aromatic rings. The van der Waals surface area contributed by atoms with Crippen LogP contribution >= 0.6 is 0 Å². The van der Waals surface area contributed by atoms with E-state index in [9.17, 15) is 0 Å². The van der Waals surface area contributed by atoms with E-state index in [4.69, 9.17) is 0 Å². The van der Waals surface area contributed by atoms with Crippen LogP contribution < -0.4 is 39.0 Å². The van der Waals surface area contributed by atoms with Crippen LogP contribution in [0.25, 0.3) is 0 Å². The second-order valence-electron chi connectivity index (χ2n) is 16.5. The van der Waals surface area contributed by atoms with Crippen molar-refractivity contribution in [3.8, 4) is 0 Å². The highest BCUT2D eigenvalue weighted by molar-refractivity contribution is 7.38. The third-order valence-corrected chi connectivity index (χ3v) is 24.8. The molecule has 0 unspecified atom stereocenters. The molecule has 1 heterocycles. The van der Waals surface area contributed by atoms with Crippen molar-refractivity contribution in [1.82, 2.24) is 0 Å². The van der Waals surface area contributed by atoms with Crippen molar-refractivity contribution in [1.29, 1.82) is 0 Å². The lowest BCUT2D eigenvalue weighted by Crippen LogP contribution is -3.07. The van der Waals surface area contributed by atoms with Crippen LogP contribution in [0.2, 0.25) is 0 Å². The van der Waals surface area contributed by atoms with Crippen LogP contribution in [0.5, 0.6) is 0 Å². The second-order valence-corrected chi connectivity index (χ2v) is 24.2. The third-order valence-electron chi connectivity index (χ3n) is 12.8. The van der Waals surface area contributed by atoms with Crippen molar-refractivity contribution in [3.05, 3.63) is 291 Å². The lowest BCUT2D eigenvalue weighted by molar-refractivity contribution is 1.21. The molecule has 1 aliphatic heterocycles. The fourth-order valence-corrected chi connectivity index (χ4v) is 25.4. The van der Waals surface area contributed by atoms with Crippen molar-refractivity contribution >= 4 is 83.0 Å². The maximum atomic E-state index is 2.95. The number of benzene rings is 10. The molecule has 1 saturated heterocycles. The normalized spacial score (nSPS) is 13.6. The van der Waals surface area contributed by atoms with E-state index in [1.165, 1.54) is 32.1 Å². The number of rotatable bonds is 12. The molecule has 1 fully saturated rings. The van der Waals surface area contributed by atoms with Gasteiger partial charge in [0.2, 0.25) is 0 Å². The highest BCUT2D eigenvalue weighted by atomic mass is 28.5. The summed E-state index contributed by atoms with van der Waals surface area (Å²) < 4.78 is 5.89. The summed E-state index contributed by atoms with van der Waals surface area (Å²) in [7, 11) is -6.36. The summed E-state index contributed by atoms with van der Waals surface area (Å²) in [6, 6.07) is 107. The molecule has 0 spiro atoms. The molecule has 0 radical (unpaired) electrons. The summed E-state index contributed by atoms with van der Waals surface area (Å²) in [5.74, 6) is 0. The Morgan fingerprint density at radius 2 is 0.379 bits per heavy atom. The molecule has 66 heavy (non-hydrogen) atoms. The fourth-order valence-electron chi connectivity index (χ4n) is 10.1. The van der Waals surface area contributed by atoms with Gasteiger partial charge in [-0.05, 0) is 118 Å². The van der Waals surface area contributed by atoms with Gasteiger partial charge in [-0.15, -0.1) is 0 Å². The SMILES string of the molecule is c1ccc(N(c2ccccc2)c2ccc(N3[Si](c4ccccc4)(c4ccccc4)N(c4ccc(N(c5ccccc5)c5ccccc5)cc4)[Si]3(c3ccccc3)c3ccccc3)cc2)cc1. The monoisotopic (exact) mass is 880 g/mol. The van der Waals surface area contributed by atoms with E-state index in [0.29, 0.717) is 0 Å². The number of hydrogen-bond donors (Lipinski definition) is 0. The molecule has 1 aliphatic rings. The third kappa shape index (κ3) is 6.91. The zero-order valence-electron chi connectivity index (χ0n) is 36.5. The van der Waals surface area contributed by atoms with Gasteiger partial charge in [0.1, 0.15) is 0 Å². The van der Waals surface area contributed by atoms with E-state index in [2.05, 4.69) is 309 Å². The minimum atomic E-state index is -3.18. The molecule has 11 rings (SSSR count). The minimum Gasteiger partial charge on any atom is -0.378 e. The predicted octanol–water partition coefficient (Wildman–Crippen LogP) is 12.5. The molecular formula is C60H48N4Si2. The minimum absolute atomic E-state index is 1.10. The largest absolute Gasteiger partial charge is 0.378 e. The summed E-state index contributed by atoms with van der Waals surface area (Å²) >= 11 is 0. The van der Waals surface area contributed by atoms with Gasteiger partial charge in [-0.3, -0.25) is 0 Å². The first kappa shape index (κ1) is 40.6. The molecule has 4 nitrogen and oxygen atoms in total. The molecule has 0 bridgehead atoms. The standard InChI is InChI=1S/C60H48N4Si2/c1-9-25-49(26-10-1)61(50-27-11-2-12-28-50)53-41-45-55(46-42-53)63-65(57-33-17-5-18-34-57,58-35-19-6-20-36-58)64(66(63,59-37-21-7-22-38-59)60-39-23-8-24-40-60)56-47-43-54(44-48-56)62(51-29-13-3-14-30-51)52-31-15-4-16-32-52/h1-48H. The van der Waals surface area contributed by atoms with Crippen molar-refractivity contribution in [2.75, 3.05) is 18.3 Å². The average Bonchev–Trinajstić information content (AvgIpc) is 3.40. The first-order valence-electron chi connectivity index (χ1n) is 22.6. The zero-order valence-corrected chi connectivity index (χ0v) is 38.5. The molecule has 0 aliphatic carbocycles. The van der Waals surface area contributed by atoms with Crippen LogP contribution in [0.4, 0.5) is 45.5 Å². The topological polar surface area (TPSA) is 13.0 Å². The molecular weight excluding hydrogens is 833 g/mol. The van der Waals surface area contributed by atoms with E-state index >= 15 is 0 Å². The summed E-state index contributed by atoms with van der Waals surface area (Å²) in [5.41, 5.74) is 9.06. The smallest absolute Gasteiger partial charge is 0.318 e. The Morgan fingerprint density at radius 3 is 0.591 bits per heavy atom. The quantitative estimate of drug-likeness (QED) is 0.113. The van der Waals surface area contributed by atoms with E-state index in [1.807, 2.05) is 0 Å². The van der Waals surface area contributed by atoms with Gasteiger partial charge in [0, 0.05) is 45.5 Å². The fraction of sp³-hybridized carbons (Fsp3) is 0. The zero-order chi connectivity index (χ0) is 44.2. The van der Waals surface area contributed by atoms with Crippen molar-refractivity contribution < 1.29 is 0 Å². The molecule has 0 aromatic heterocycles. The van der Waals surface area contributed by atoms with E-state index in [0.717, 1.165) is 34.1 Å². The van der Waals surface area contributed by atoms with Gasteiger partial charge in [-0.1, -0.05) is 194 Å². The number of nitrogens with zero attached hydrogens (tertiary/aromatic N) is 4. The Bertz CT molecular complexity index is 2730. The van der Waals surface area contributed by atoms with Crippen LogP contribution in [-0.4, -0.2) is 16.8 Å². The number of anilines is 8. The molecule has 0 N–H and O–H groups in total. The van der Waals surface area contributed by atoms with Crippen LogP contribution in [0.15, 0.2) is 291 Å². The Hall–Kier alpha value is -8.17. The Morgan fingerprint density at radius 1 is 0.197 bits per heavy atom. The van der Waals surface area contributed by atoms with E-state index in [-0.39, 0.29) is 0 Å². The van der Waals surface area contributed by atoms with Crippen molar-refractivity contribution in [3.63, 3.8) is 0 Å². The summed E-state index contributed by atoms with van der Waals surface area (Å²) in [6.07, 6.45) is 0. The highest BCUT2D eigenvalue weighted by Crippen LogP contribution is 2.47. The van der Waals surface area contributed by atoms with Gasteiger partial charge in [0.05, 0.1) is 0 Å². The first-order chi connectivity index (χ1) is 32.8. The number of hydrogen-bond acceptors (Lipinski definition) is 4. The first-order valence-corrected chi connectivity index (χ1v) is 26.4. The van der Waals surface area contributed by atoms with Gasteiger partial charge in [0.25, 0.3) is 0 Å². The summed E-state index contributed by atoms with van der Waals surface area (Å²) in [4.78, 5) is 4.69. The predicted molar refractivity (Wildman–Crippen MR) is 283 cm³/mol. The average molecular weight is 881 g/mol. The lowest BCUT2D eigenvalue weighted by Gasteiger charge is -2.73. The van der Waals surface area contributed by atoms with Crippen LogP contribution in [0.3, 0.4) is 0 Å². The highest BCUT2D eigenvalue weighted by Gasteiger charge is 2.75. The summed E-state index contributed by atoms with van der Waals surface area (Å²) in [5, 5.41) is 5.30. The maximum Gasteiger partial charge on any atom is 0.318 e. The molecule has 316 valence electrons. The van der Waals surface area contributed by atoms with Gasteiger partial charge < -0.3 is 18.3 Å². The van der Waals surface area contributed by atoms with E-state index in [1.54, 1.807) is 0 Å². The molecule has 0 saturated carbocycles. The Kier molecular flexibility index (Phi) is 10.9. The van der Waals surface area contributed by atoms with Gasteiger partial charge in [-0.25, -0.2) is 0 Å². The molecule has 0 atom stereocenters. The molecule has 0 amide bonds. The van der Waals surface area contributed by atoms with Gasteiger partial charge >= 0.3 is 16.8 Å². The lowest BCUT2D eigenvalue weighted by atomic mass is 10.2. The summed E-state index contributed by atoms with van der Waals surface area (Å²) in [6.45, 7) is 0. The van der Waals surface area contributed by atoms with Crippen molar-refractivity contribution in [2.45, 2.75) is 0 Å². The van der Waals surface area contributed by atoms with E-state index < -0.39 is 16.8 Å². The molecule has 6 heteroatoms. The number of para-hydroxylation sites is 4. The van der Waals surface area contributed by atoms with Crippen LogP contribution in [0.1, 0.15) is 0 Å². The van der Waals surface area contributed by atoms with Gasteiger partial charge in [-0.2, -0.15) is 0 Å². The van der Waals surface area contributed by atoms with Crippen molar-refractivity contribution in [2.24, 2.45) is 0 Å². The van der Waals surface area contributed by atoms with Crippen LogP contribution in [0, 0.1) is 0 Å². The molecule has 10 aromatic carbocycles. The van der Waals surface area contributed by atoms with Gasteiger partial charge in [0.15, 0.2) is 0 Å². The second kappa shape index (κ2) is 17.8. The Balaban J connectivity index is 1.18. The maximum absolute atomic E-state index is 3.18. The van der Waals surface area contributed by atoms with Crippen LogP contribution in [-0.2, 0) is 0 Å².